The van der Waals surface area contributed by atoms with Crippen LogP contribution >= 0.6 is 0 Å². The fourth-order valence-electron chi connectivity index (χ4n) is 2.38. The minimum Gasteiger partial charge on any atom is -0.345 e. The van der Waals surface area contributed by atoms with E-state index in [-0.39, 0.29) is 17.8 Å². The summed E-state index contributed by atoms with van der Waals surface area (Å²) in [6.07, 6.45) is 5.28. The summed E-state index contributed by atoms with van der Waals surface area (Å²) in [6.45, 7) is 1.96. The first-order chi connectivity index (χ1) is 11.7. The molecule has 3 rings (SSSR count). The number of halogens is 1. The van der Waals surface area contributed by atoms with Crippen molar-refractivity contribution < 1.29 is 9.18 Å². The first kappa shape index (κ1) is 15.8. The Kier molecular flexibility index (Phi) is 4.60. The molecule has 0 saturated heterocycles. The number of benzene rings is 1. The van der Waals surface area contributed by atoms with Gasteiger partial charge in [0.25, 0.3) is 5.91 Å². The Hall–Kier alpha value is -3.09. The molecule has 0 spiro atoms. The molecular formula is C17H16FN5O. The quantitative estimate of drug-likeness (QED) is 0.783. The number of nitrogens with one attached hydrogen (secondary N) is 1. The maximum absolute atomic E-state index is 13.1. The molecule has 0 bridgehead atoms. The lowest BCUT2D eigenvalue weighted by Gasteiger charge is -2.17. The second kappa shape index (κ2) is 6.99. The molecule has 1 N–H and O–H groups in total. The molecule has 1 aromatic carbocycles. The average Bonchev–Trinajstić information content (AvgIpc) is 3.15. The van der Waals surface area contributed by atoms with Gasteiger partial charge in [-0.2, -0.15) is 0 Å². The highest BCUT2D eigenvalue weighted by Crippen LogP contribution is 2.18. The van der Waals surface area contributed by atoms with E-state index in [9.17, 15) is 9.18 Å². The summed E-state index contributed by atoms with van der Waals surface area (Å²) in [6, 6.07) is 9.25. The van der Waals surface area contributed by atoms with Crippen LogP contribution in [0.3, 0.4) is 0 Å². The van der Waals surface area contributed by atoms with Gasteiger partial charge in [0, 0.05) is 11.8 Å². The number of hydrogen-bond donors (Lipinski definition) is 1. The molecule has 0 aliphatic rings. The largest absolute Gasteiger partial charge is 0.345 e. The van der Waals surface area contributed by atoms with Crippen molar-refractivity contribution in [2.45, 2.75) is 19.4 Å². The van der Waals surface area contributed by atoms with Crippen LogP contribution in [0.1, 0.15) is 35.3 Å². The first-order valence-electron chi connectivity index (χ1n) is 7.54. The lowest BCUT2D eigenvalue weighted by molar-refractivity contribution is 0.0935. The maximum atomic E-state index is 13.1. The number of amides is 1. The van der Waals surface area contributed by atoms with Crippen LogP contribution in [0, 0.1) is 5.82 Å². The summed E-state index contributed by atoms with van der Waals surface area (Å²) in [5.41, 5.74) is 1.34. The predicted molar refractivity (Wildman–Crippen MR) is 86.1 cm³/mol. The van der Waals surface area contributed by atoms with Gasteiger partial charge in [0.1, 0.15) is 24.3 Å². The van der Waals surface area contributed by atoms with Crippen LogP contribution in [0.5, 0.6) is 0 Å². The summed E-state index contributed by atoms with van der Waals surface area (Å²) in [4.78, 5) is 16.7. The Bertz CT molecular complexity index is 817. The molecule has 1 atom stereocenters. The maximum Gasteiger partial charge on any atom is 0.251 e. The van der Waals surface area contributed by atoms with Gasteiger partial charge in [0.15, 0.2) is 0 Å². The van der Waals surface area contributed by atoms with Crippen molar-refractivity contribution in [3.05, 3.63) is 72.2 Å². The fourth-order valence-corrected chi connectivity index (χ4v) is 2.38. The summed E-state index contributed by atoms with van der Waals surface area (Å²) in [7, 11) is 0. The van der Waals surface area contributed by atoms with E-state index >= 15 is 0 Å². The van der Waals surface area contributed by atoms with E-state index in [4.69, 9.17) is 0 Å². The molecule has 2 aromatic heterocycles. The number of rotatable bonds is 5. The van der Waals surface area contributed by atoms with Gasteiger partial charge in [-0.3, -0.25) is 9.36 Å². The van der Waals surface area contributed by atoms with Crippen LogP contribution in [-0.2, 0) is 0 Å². The number of nitrogens with zero attached hydrogens (tertiary/aromatic N) is 4. The van der Waals surface area contributed by atoms with E-state index < -0.39 is 0 Å². The topological polar surface area (TPSA) is 72.7 Å². The van der Waals surface area contributed by atoms with Crippen molar-refractivity contribution in [1.82, 2.24) is 25.1 Å². The normalized spacial score (nSPS) is 11.9. The van der Waals surface area contributed by atoms with Crippen molar-refractivity contribution in [3.8, 4) is 5.82 Å². The molecule has 6 nitrogen and oxygen atoms in total. The second-order valence-corrected chi connectivity index (χ2v) is 5.26. The zero-order chi connectivity index (χ0) is 16.9. The molecule has 122 valence electrons. The monoisotopic (exact) mass is 325 g/mol. The van der Waals surface area contributed by atoms with Crippen LogP contribution in [-0.4, -0.2) is 25.7 Å². The highest BCUT2D eigenvalue weighted by atomic mass is 19.1. The zero-order valence-corrected chi connectivity index (χ0v) is 13.1. The Morgan fingerprint density at radius 3 is 2.58 bits per heavy atom. The van der Waals surface area contributed by atoms with E-state index in [0.29, 0.717) is 17.8 Å². The number of carbonyl (C=O) groups excluding carboxylic acids is 1. The Balaban J connectivity index is 1.78. The summed E-state index contributed by atoms with van der Waals surface area (Å²) < 4.78 is 14.7. The molecule has 0 aliphatic heterocycles. The van der Waals surface area contributed by atoms with Gasteiger partial charge < -0.3 is 5.32 Å². The van der Waals surface area contributed by atoms with Crippen molar-refractivity contribution in [3.63, 3.8) is 0 Å². The fraction of sp³-hybridized carbons (Fsp3) is 0.176. The Morgan fingerprint density at radius 2 is 1.92 bits per heavy atom. The second-order valence-electron chi connectivity index (χ2n) is 5.26. The Morgan fingerprint density at radius 1 is 1.21 bits per heavy atom. The average molecular weight is 325 g/mol. The lowest BCUT2D eigenvalue weighted by atomic mass is 10.0. The SMILES string of the molecule is CC[C@H](NC(=O)c1ccnc(-n2cnnc2)c1)c1ccc(F)cc1. The van der Waals surface area contributed by atoms with Crippen LogP contribution in [0.15, 0.2) is 55.2 Å². The van der Waals surface area contributed by atoms with Crippen LogP contribution in [0.4, 0.5) is 4.39 Å². The number of carbonyl (C=O) groups is 1. The molecule has 0 fully saturated rings. The Labute approximate surface area is 138 Å². The minimum atomic E-state index is -0.298. The van der Waals surface area contributed by atoms with E-state index in [1.807, 2.05) is 6.92 Å². The number of pyridine rings is 1. The molecule has 0 saturated carbocycles. The number of aromatic nitrogens is 4. The van der Waals surface area contributed by atoms with Crippen LogP contribution in [0.25, 0.3) is 5.82 Å². The molecule has 2 heterocycles. The summed E-state index contributed by atoms with van der Waals surface area (Å²) in [5, 5.41) is 10.4. The molecule has 0 unspecified atom stereocenters. The first-order valence-corrected chi connectivity index (χ1v) is 7.54. The highest BCUT2D eigenvalue weighted by molar-refractivity contribution is 5.94. The number of hydrogen-bond acceptors (Lipinski definition) is 4. The highest BCUT2D eigenvalue weighted by Gasteiger charge is 2.15. The molecule has 1 amide bonds. The third kappa shape index (κ3) is 3.45. The lowest BCUT2D eigenvalue weighted by Crippen LogP contribution is -2.28. The standard InChI is InChI=1S/C17H16FN5O/c1-2-15(12-3-5-14(18)6-4-12)22-17(24)13-7-8-19-16(9-13)23-10-20-21-11-23/h3-11,15H,2H2,1H3,(H,22,24)/t15-/m0/s1. The summed E-state index contributed by atoms with van der Waals surface area (Å²) in [5.74, 6) is 0.0398. The van der Waals surface area contributed by atoms with Gasteiger partial charge in [-0.05, 0) is 36.2 Å². The molecule has 7 heteroatoms. The summed E-state index contributed by atoms with van der Waals surface area (Å²) >= 11 is 0. The van der Waals surface area contributed by atoms with Gasteiger partial charge in [-0.25, -0.2) is 9.37 Å². The predicted octanol–water partition coefficient (Wildman–Crippen LogP) is 2.68. The van der Waals surface area contributed by atoms with E-state index in [1.165, 1.54) is 24.8 Å². The molecular weight excluding hydrogens is 309 g/mol. The van der Waals surface area contributed by atoms with E-state index in [0.717, 1.165) is 5.56 Å². The van der Waals surface area contributed by atoms with Gasteiger partial charge >= 0.3 is 0 Å². The van der Waals surface area contributed by atoms with Gasteiger partial charge in [-0.1, -0.05) is 19.1 Å². The van der Waals surface area contributed by atoms with Crippen molar-refractivity contribution in [1.29, 1.82) is 0 Å². The zero-order valence-electron chi connectivity index (χ0n) is 13.1. The molecule has 0 radical (unpaired) electrons. The molecule has 24 heavy (non-hydrogen) atoms. The third-order valence-corrected chi connectivity index (χ3v) is 3.68. The van der Waals surface area contributed by atoms with E-state index in [2.05, 4.69) is 20.5 Å². The van der Waals surface area contributed by atoms with Crippen molar-refractivity contribution in [2.75, 3.05) is 0 Å². The van der Waals surface area contributed by atoms with Crippen LogP contribution < -0.4 is 5.32 Å². The van der Waals surface area contributed by atoms with Crippen LogP contribution in [0.2, 0.25) is 0 Å². The van der Waals surface area contributed by atoms with E-state index in [1.54, 1.807) is 35.0 Å². The van der Waals surface area contributed by atoms with Gasteiger partial charge in [0.05, 0.1) is 6.04 Å². The minimum absolute atomic E-state index is 0.190. The van der Waals surface area contributed by atoms with Crippen molar-refractivity contribution in [2.24, 2.45) is 0 Å². The van der Waals surface area contributed by atoms with Gasteiger partial charge in [0.2, 0.25) is 0 Å². The molecule has 0 aliphatic carbocycles. The smallest absolute Gasteiger partial charge is 0.251 e. The van der Waals surface area contributed by atoms with Crippen molar-refractivity contribution >= 4 is 5.91 Å². The molecule has 3 aromatic rings. The van der Waals surface area contributed by atoms with Gasteiger partial charge in [-0.15, -0.1) is 10.2 Å². The third-order valence-electron chi connectivity index (χ3n) is 3.68.